The maximum atomic E-state index is 10.8. The van der Waals surface area contributed by atoms with Crippen molar-refractivity contribution in [3.8, 4) is 0 Å². The first kappa shape index (κ1) is 12.5. The molecule has 0 aliphatic carbocycles. The number of anilines is 2. The molecule has 0 unspecified atom stereocenters. The van der Waals surface area contributed by atoms with E-state index in [0.29, 0.717) is 11.4 Å². The van der Waals surface area contributed by atoms with Gasteiger partial charge in [0.2, 0.25) is 0 Å². The number of amides is 4. The number of carbonyl (C=O) groups excluding carboxylic acids is 2. The molecule has 0 radical (unpaired) electrons. The van der Waals surface area contributed by atoms with Crippen LogP contribution >= 0.6 is 25.6 Å². The third-order valence-corrected chi connectivity index (χ3v) is 2.61. The molecule has 0 aliphatic rings. The quantitative estimate of drug-likeness (QED) is 0.599. The lowest BCUT2D eigenvalue weighted by Crippen LogP contribution is -2.28. The van der Waals surface area contributed by atoms with Gasteiger partial charge in [0.1, 0.15) is 0 Å². The van der Waals surface area contributed by atoms with E-state index in [1.165, 1.54) is 0 Å². The van der Waals surface area contributed by atoms with Crippen LogP contribution in [0.2, 0.25) is 0 Å². The molecule has 8 heteroatoms. The van der Waals surface area contributed by atoms with E-state index in [1.807, 2.05) is 0 Å². The Morgan fingerprint density at radius 3 is 1.31 bits per heavy atom. The monoisotopic (exact) mass is 258 g/mol. The number of thiol groups is 2. The molecule has 1 rings (SSSR count). The van der Waals surface area contributed by atoms with Crippen LogP contribution in [0, 0.1) is 0 Å². The number of hydrogen-bond acceptors (Lipinski definition) is 4. The fourth-order valence-corrected chi connectivity index (χ4v) is 1.26. The summed E-state index contributed by atoms with van der Waals surface area (Å²) < 4.78 is 1.94. The van der Waals surface area contributed by atoms with Crippen LogP contribution < -0.4 is 20.1 Å². The molecule has 0 atom stereocenters. The second-order valence-corrected chi connectivity index (χ2v) is 3.62. The van der Waals surface area contributed by atoms with Crippen LogP contribution in [0.25, 0.3) is 0 Å². The number of urea groups is 2. The summed E-state index contributed by atoms with van der Waals surface area (Å²) in [4.78, 5) is 21.6. The van der Waals surface area contributed by atoms with Gasteiger partial charge in [-0.25, -0.2) is 18.2 Å². The highest BCUT2D eigenvalue weighted by atomic mass is 32.1. The average Bonchev–Trinajstić information content (AvgIpc) is 2.27. The first-order valence-corrected chi connectivity index (χ1v) is 4.90. The minimum atomic E-state index is -0.700. The van der Waals surface area contributed by atoms with Gasteiger partial charge < -0.3 is 11.5 Å². The third-order valence-electron chi connectivity index (χ3n) is 1.76. The van der Waals surface area contributed by atoms with Crippen molar-refractivity contribution in [3.05, 3.63) is 24.3 Å². The second kappa shape index (κ2) is 4.99. The number of nitrogens with zero attached hydrogens (tertiary/aromatic N) is 2. The van der Waals surface area contributed by atoms with Crippen LogP contribution in [-0.2, 0) is 0 Å². The van der Waals surface area contributed by atoms with E-state index in [4.69, 9.17) is 11.5 Å². The molecule has 0 saturated carbocycles. The predicted molar refractivity (Wildman–Crippen MR) is 68.5 cm³/mol. The third kappa shape index (κ3) is 2.74. The Morgan fingerprint density at radius 1 is 0.875 bits per heavy atom. The molecule has 0 saturated heterocycles. The van der Waals surface area contributed by atoms with Gasteiger partial charge in [0.15, 0.2) is 0 Å². The summed E-state index contributed by atoms with van der Waals surface area (Å²) >= 11 is 7.75. The lowest BCUT2D eigenvalue weighted by molar-refractivity contribution is 0.256. The molecule has 0 spiro atoms. The number of hydrogen-bond donors (Lipinski definition) is 4. The largest absolute Gasteiger partial charge is 0.350 e. The van der Waals surface area contributed by atoms with Crippen molar-refractivity contribution >= 4 is 49.1 Å². The van der Waals surface area contributed by atoms with Gasteiger partial charge in [0.25, 0.3) is 0 Å². The van der Waals surface area contributed by atoms with Gasteiger partial charge in [-0.05, 0) is 24.3 Å². The van der Waals surface area contributed by atoms with Gasteiger partial charge in [-0.15, -0.1) is 0 Å². The molecule has 16 heavy (non-hydrogen) atoms. The Kier molecular flexibility index (Phi) is 3.91. The summed E-state index contributed by atoms with van der Waals surface area (Å²) in [5, 5.41) is 0. The first-order valence-electron chi connectivity index (χ1n) is 4.10. The molecule has 4 amide bonds. The molecular weight excluding hydrogens is 248 g/mol. The van der Waals surface area contributed by atoms with Crippen LogP contribution in [0.3, 0.4) is 0 Å². The van der Waals surface area contributed by atoms with Crippen LogP contribution in [0.15, 0.2) is 24.3 Å². The lowest BCUT2D eigenvalue weighted by atomic mass is 10.3. The van der Waals surface area contributed by atoms with Gasteiger partial charge in [-0.3, -0.25) is 0 Å². The Hall–Kier alpha value is -1.54. The van der Waals surface area contributed by atoms with Crippen molar-refractivity contribution in [1.82, 2.24) is 0 Å². The number of nitrogens with two attached hydrogens (primary N) is 2. The molecule has 0 heterocycles. The van der Waals surface area contributed by atoms with Gasteiger partial charge in [0.05, 0.1) is 11.4 Å². The minimum Gasteiger partial charge on any atom is -0.350 e. The number of primary amides is 2. The highest BCUT2D eigenvalue weighted by Crippen LogP contribution is 2.22. The van der Waals surface area contributed by atoms with Crippen molar-refractivity contribution in [2.24, 2.45) is 11.5 Å². The fourth-order valence-electron chi connectivity index (χ4n) is 0.990. The fraction of sp³-hybridized carbons (Fsp3) is 0. The predicted octanol–water partition coefficient (Wildman–Crippen LogP) is 1.15. The molecular formula is C8H10N4O2S2. The SMILES string of the molecule is NC(=O)N(S)c1ccc(N(S)C(N)=O)cc1. The van der Waals surface area contributed by atoms with Crippen LogP contribution in [0.1, 0.15) is 0 Å². The van der Waals surface area contributed by atoms with E-state index in [-0.39, 0.29) is 0 Å². The highest BCUT2D eigenvalue weighted by Gasteiger charge is 2.10. The van der Waals surface area contributed by atoms with Gasteiger partial charge in [0, 0.05) is 0 Å². The summed E-state index contributed by atoms with van der Waals surface area (Å²) in [6, 6.07) is 4.82. The van der Waals surface area contributed by atoms with Crippen molar-refractivity contribution in [2.75, 3.05) is 8.61 Å². The Balaban J connectivity index is 2.91. The van der Waals surface area contributed by atoms with E-state index >= 15 is 0 Å². The number of benzene rings is 1. The van der Waals surface area contributed by atoms with Crippen LogP contribution in [-0.4, -0.2) is 12.1 Å². The summed E-state index contributed by atoms with van der Waals surface area (Å²) in [7, 11) is 0. The van der Waals surface area contributed by atoms with Crippen molar-refractivity contribution < 1.29 is 9.59 Å². The smallest absolute Gasteiger partial charge is 0.329 e. The topological polar surface area (TPSA) is 92.7 Å². The molecule has 1 aromatic carbocycles. The summed E-state index contributed by atoms with van der Waals surface area (Å²) in [6.45, 7) is 0. The summed E-state index contributed by atoms with van der Waals surface area (Å²) in [5.74, 6) is 0. The number of rotatable bonds is 2. The zero-order valence-corrected chi connectivity index (χ0v) is 9.86. The standard InChI is InChI=1S/C8H10N4O2S2/c9-7(13)11(15)5-1-2-6(4-3-5)12(16)8(10)14/h1-4,15-16H,(H2,9,13)(H2,10,14). The average molecular weight is 258 g/mol. The summed E-state index contributed by atoms with van der Waals surface area (Å²) in [5.41, 5.74) is 11.0. The van der Waals surface area contributed by atoms with Crippen LogP contribution in [0.5, 0.6) is 0 Å². The lowest BCUT2D eigenvalue weighted by Gasteiger charge is -2.15. The number of carbonyl (C=O) groups is 2. The molecule has 1 aromatic rings. The summed E-state index contributed by atoms with van der Waals surface area (Å²) in [6.07, 6.45) is 0. The van der Waals surface area contributed by atoms with E-state index in [1.54, 1.807) is 24.3 Å². The molecule has 0 bridgehead atoms. The zero-order chi connectivity index (χ0) is 12.3. The van der Waals surface area contributed by atoms with Gasteiger partial charge >= 0.3 is 12.1 Å². The normalized spacial score (nSPS) is 9.62. The zero-order valence-electron chi connectivity index (χ0n) is 8.07. The van der Waals surface area contributed by atoms with Gasteiger partial charge in [-0.1, -0.05) is 25.6 Å². The molecule has 0 aliphatic heterocycles. The van der Waals surface area contributed by atoms with E-state index in [0.717, 1.165) is 8.61 Å². The molecule has 6 nitrogen and oxygen atoms in total. The Bertz CT molecular complexity index is 370. The van der Waals surface area contributed by atoms with Crippen molar-refractivity contribution in [2.45, 2.75) is 0 Å². The second-order valence-electron chi connectivity index (χ2n) is 2.82. The molecule has 4 N–H and O–H groups in total. The van der Waals surface area contributed by atoms with E-state index in [2.05, 4.69) is 25.6 Å². The van der Waals surface area contributed by atoms with E-state index < -0.39 is 12.1 Å². The van der Waals surface area contributed by atoms with E-state index in [9.17, 15) is 9.59 Å². The maximum absolute atomic E-state index is 10.8. The Morgan fingerprint density at radius 2 is 1.12 bits per heavy atom. The Labute approximate surface area is 103 Å². The molecule has 0 aromatic heterocycles. The maximum Gasteiger partial charge on any atom is 0.329 e. The first-order chi connectivity index (χ1) is 7.43. The highest BCUT2D eigenvalue weighted by molar-refractivity contribution is 7.82. The molecule has 0 fully saturated rings. The van der Waals surface area contributed by atoms with Crippen molar-refractivity contribution in [3.63, 3.8) is 0 Å². The van der Waals surface area contributed by atoms with Gasteiger partial charge in [-0.2, -0.15) is 0 Å². The minimum absolute atomic E-state index is 0.478. The molecule has 86 valence electrons. The van der Waals surface area contributed by atoms with Crippen molar-refractivity contribution in [1.29, 1.82) is 0 Å². The van der Waals surface area contributed by atoms with Crippen LogP contribution in [0.4, 0.5) is 21.0 Å².